The molecule has 0 bridgehead atoms. The number of rotatable bonds is 16. The highest BCUT2D eigenvalue weighted by atomic mass is 32.2. The van der Waals surface area contributed by atoms with Crippen LogP contribution in [0.4, 0.5) is 0 Å². The summed E-state index contributed by atoms with van der Waals surface area (Å²) in [6, 6.07) is 3.78. The zero-order valence-corrected chi connectivity index (χ0v) is 25.6. The maximum atomic E-state index is 14.0. The number of hydrogen-bond acceptors (Lipinski definition) is 13. The molecule has 14 nitrogen and oxygen atoms in total. The summed E-state index contributed by atoms with van der Waals surface area (Å²) in [6.07, 6.45) is -0.493. The number of hydrogen-bond donors (Lipinski definition) is 0. The van der Waals surface area contributed by atoms with Crippen LogP contribution in [0, 0.1) is 19.8 Å². The number of fused-ring (bicyclic) bond motifs is 1. The molecule has 0 N–H and O–H groups in total. The Morgan fingerprint density at radius 3 is 2.27 bits per heavy atom. The van der Waals surface area contributed by atoms with Crippen molar-refractivity contribution >= 4 is 21.2 Å². The van der Waals surface area contributed by atoms with Gasteiger partial charge in [0.25, 0.3) is 21.6 Å². The molecule has 2 heterocycles. The van der Waals surface area contributed by atoms with Crippen LogP contribution in [0.1, 0.15) is 23.9 Å². The molecule has 15 heteroatoms. The van der Waals surface area contributed by atoms with Gasteiger partial charge in [-0.25, -0.2) is 4.98 Å². The molecular formula is C26H39N5O9S. The predicted octanol–water partition coefficient (Wildman–Crippen LogP) is 1.72. The molecule has 0 saturated heterocycles. The number of aryl methyl sites for hydroxylation is 2. The van der Waals surface area contributed by atoms with Gasteiger partial charge in [0, 0.05) is 20.1 Å². The van der Waals surface area contributed by atoms with Crippen molar-refractivity contribution in [2.75, 3.05) is 54.8 Å². The summed E-state index contributed by atoms with van der Waals surface area (Å²) in [7, 11) is 2.93. The molecule has 2 aromatic heterocycles. The average Bonchev–Trinajstić information content (AvgIpc) is 3.35. The van der Waals surface area contributed by atoms with E-state index < -0.39 is 33.8 Å². The number of ether oxygens (including phenoxy) is 4. The summed E-state index contributed by atoms with van der Waals surface area (Å²) >= 11 is 0. The molecule has 3 rings (SSSR count). The third kappa shape index (κ3) is 8.85. The summed E-state index contributed by atoms with van der Waals surface area (Å²) in [5.74, 6) is -0.0647. The molecule has 0 aliphatic rings. The first kappa shape index (κ1) is 32.7. The van der Waals surface area contributed by atoms with Crippen molar-refractivity contribution in [3.63, 3.8) is 0 Å². The lowest BCUT2D eigenvalue weighted by atomic mass is 9.97. The van der Waals surface area contributed by atoms with Crippen LogP contribution in [-0.2, 0) is 46.3 Å². The van der Waals surface area contributed by atoms with E-state index in [-0.39, 0.29) is 38.3 Å². The fraction of sp³-hybridized carbons (Fsp3) is 0.615. The lowest BCUT2D eigenvalue weighted by Crippen LogP contribution is -2.42. The SMILES string of the molecule is COCO[C@@H](Cn1c(=O)c(-c2nc(CN(C)C)no2)nc2cc(C)c(C)cc21)[C@H](C)[C@@H](COS(C)(=O)=O)OCOC. The molecule has 0 radical (unpaired) electrons. The molecule has 0 aliphatic carbocycles. The summed E-state index contributed by atoms with van der Waals surface area (Å²) in [5.41, 5.74) is 2.64. The Kier molecular flexibility index (Phi) is 11.5. The van der Waals surface area contributed by atoms with Gasteiger partial charge in [-0.05, 0) is 51.2 Å². The molecule has 0 amide bonds. The van der Waals surface area contributed by atoms with Crippen LogP contribution < -0.4 is 5.56 Å². The first-order valence-corrected chi connectivity index (χ1v) is 14.7. The van der Waals surface area contributed by atoms with Crippen molar-refractivity contribution in [1.29, 1.82) is 0 Å². The largest absolute Gasteiger partial charge is 0.359 e. The minimum atomic E-state index is -3.74. The van der Waals surface area contributed by atoms with Crippen LogP contribution in [0.25, 0.3) is 22.6 Å². The summed E-state index contributed by atoms with van der Waals surface area (Å²) in [5, 5.41) is 3.99. The molecule has 0 fully saturated rings. The molecule has 228 valence electrons. The monoisotopic (exact) mass is 597 g/mol. The zero-order valence-electron chi connectivity index (χ0n) is 24.7. The van der Waals surface area contributed by atoms with Gasteiger partial charge >= 0.3 is 0 Å². The first-order chi connectivity index (χ1) is 19.3. The van der Waals surface area contributed by atoms with Crippen molar-refractivity contribution in [3.8, 4) is 11.6 Å². The fourth-order valence-electron chi connectivity index (χ4n) is 4.16. The molecule has 41 heavy (non-hydrogen) atoms. The highest BCUT2D eigenvalue weighted by Gasteiger charge is 2.31. The molecule has 0 unspecified atom stereocenters. The minimum Gasteiger partial charge on any atom is -0.359 e. The quantitative estimate of drug-likeness (QED) is 0.174. The van der Waals surface area contributed by atoms with E-state index >= 15 is 0 Å². The van der Waals surface area contributed by atoms with Gasteiger partial charge in [0.1, 0.15) is 13.6 Å². The fourth-order valence-corrected chi connectivity index (χ4v) is 4.54. The normalized spacial score (nSPS) is 14.6. The molecule has 3 aromatic rings. The van der Waals surface area contributed by atoms with Gasteiger partial charge in [0.15, 0.2) is 11.5 Å². The molecular weight excluding hydrogens is 558 g/mol. The van der Waals surface area contributed by atoms with Crippen LogP contribution in [0.15, 0.2) is 21.5 Å². The van der Waals surface area contributed by atoms with E-state index in [0.717, 1.165) is 17.4 Å². The third-order valence-electron chi connectivity index (χ3n) is 6.47. The van der Waals surface area contributed by atoms with E-state index in [1.165, 1.54) is 14.2 Å². The standard InChI is InChI=1S/C26H39N5O9S/c1-16-9-19-20(10-17(16)2)31(26(32)24(27-19)25-28-23(29-40-25)12-30(4)5)11-21(37-14-35-6)18(3)22(38-15-36-7)13-39-41(8,33)34/h9-10,18,21-22H,11-15H2,1-8H3/t18-,21-,22+/m0/s1. The molecule has 0 spiro atoms. The lowest BCUT2D eigenvalue weighted by Gasteiger charge is -2.31. The van der Waals surface area contributed by atoms with Crippen molar-refractivity contribution in [2.24, 2.45) is 5.92 Å². The Balaban J connectivity index is 2.11. The zero-order chi connectivity index (χ0) is 30.3. The van der Waals surface area contributed by atoms with E-state index in [4.69, 9.17) is 27.7 Å². The van der Waals surface area contributed by atoms with Gasteiger partial charge in [-0.15, -0.1) is 0 Å². The van der Waals surface area contributed by atoms with Crippen molar-refractivity contribution in [2.45, 2.75) is 46.1 Å². The smallest absolute Gasteiger partial charge is 0.282 e. The van der Waals surface area contributed by atoms with Gasteiger partial charge in [0.2, 0.25) is 0 Å². The lowest BCUT2D eigenvalue weighted by molar-refractivity contribution is -0.149. The molecule has 1 aromatic carbocycles. The summed E-state index contributed by atoms with van der Waals surface area (Å²) < 4.78 is 57.4. The Hall–Kier alpha value is -2.79. The number of methoxy groups -OCH3 is 2. The van der Waals surface area contributed by atoms with Crippen molar-refractivity contribution < 1.29 is 36.1 Å². The Bertz CT molecular complexity index is 1470. The maximum Gasteiger partial charge on any atom is 0.282 e. The van der Waals surface area contributed by atoms with Crippen LogP contribution in [0.5, 0.6) is 0 Å². The van der Waals surface area contributed by atoms with Gasteiger partial charge in [-0.1, -0.05) is 12.1 Å². The highest BCUT2D eigenvalue weighted by molar-refractivity contribution is 7.85. The molecule has 0 saturated carbocycles. The number of nitrogens with zero attached hydrogens (tertiary/aromatic N) is 5. The highest BCUT2D eigenvalue weighted by Crippen LogP contribution is 2.24. The second-order valence-corrected chi connectivity index (χ2v) is 11.8. The maximum absolute atomic E-state index is 14.0. The van der Waals surface area contributed by atoms with Gasteiger partial charge in [0.05, 0.1) is 49.2 Å². The topological polar surface area (TPSA) is 157 Å². The number of benzene rings is 1. The average molecular weight is 598 g/mol. The Morgan fingerprint density at radius 2 is 1.66 bits per heavy atom. The van der Waals surface area contributed by atoms with Crippen molar-refractivity contribution in [3.05, 3.63) is 39.4 Å². The summed E-state index contributed by atoms with van der Waals surface area (Å²) in [6.45, 7) is 5.71. The van der Waals surface area contributed by atoms with E-state index in [1.54, 1.807) is 4.57 Å². The van der Waals surface area contributed by atoms with Crippen molar-refractivity contribution in [1.82, 2.24) is 24.6 Å². The van der Waals surface area contributed by atoms with Crippen LogP contribution in [-0.4, -0.2) is 100.0 Å². The minimum absolute atomic E-state index is 0.00370. The third-order valence-corrected chi connectivity index (χ3v) is 7.04. The van der Waals surface area contributed by atoms with Crippen LogP contribution >= 0.6 is 0 Å². The van der Waals surface area contributed by atoms with E-state index in [0.29, 0.717) is 23.4 Å². The van der Waals surface area contributed by atoms with Gasteiger partial charge in [-0.2, -0.15) is 13.4 Å². The summed E-state index contributed by atoms with van der Waals surface area (Å²) in [4.78, 5) is 24.8. The van der Waals surface area contributed by atoms with E-state index in [9.17, 15) is 13.2 Å². The van der Waals surface area contributed by atoms with Gasteiger partial charge in [-0.3, -0.25) is 8.98 Å². The van der Waals surface area contributed by atoms with E-state index in [2.05, 4.69) is 15.1 Å². The van der Waals surface area contributed by atoms with Crippen LogP contribution in [0.3, 0.4) is 0 Å². The second kappa shape index (κ2) is 14.4. The predicted molar refractivity (Wildman–Crippen MR) is 150 cm³/mol. The Labute approximate surface area is 239 Å². The molecule has 0 aliphatic heterocycles. The molecule has 3 atom stereocenters. The van der Waals surface area contributed by atoms with Crippen LogP contribution in [0.2, 0.25) is 0 Å². The Morgan fingerprint density at radius 1 is 1.02 bits per heavy atom. The van der Waals surface area contributed by atoms with E-state index in [1.807, 2.05) is 51.9 Å². The van der Waals surface area contributed by atoms with Gasteiger partial charge < -0.3 is 32.9 Å². The number of aromatic nitrogens is 4. The second-order valence-electron chi connectivity index (χ2n) is 10.1. The first-order valence-electron chi connectivity index (χ1n) is 12.9.